The molecule has 1 aromatic rings. The topological polar surface area (TPSA) is 92.4 Å². The van der Waals surface area contributed by atoms with Crippen LogP contribution in [0.5, 0.6) is 0 Å². The second-order valence-electron chi connectivity index (χ2n) is 4.10. The van der Waals surface area contributed by atoms with Crippen molar-refractivity contribution in [3.63, 3.8) is 0 Å². The number of nitrogens with two attached hydrogens (primary N) is 1. The van der Waals surface area contributed by atoms with Gasteiger partial charge in [0.1, 0.15) is 10.7 Å². The van der Waals surface area contributed by atoms with Gasteiger partial charge in [0, 0.05) is 6.54 Å². The first-order valence-corrected chi connectivity index (χ1v) is 7.56. The van der Waals surface area contributed by atoms with Crippen molar-refractivity contribution in [2.75, 3.05) is 12.3 Å². The Labute approximate surface area is 116 Å². The van der Waals surface area contributed by atoms with E-state index in [2.05, 4.69) is 4.72 Å². The molecule has 0 aliphatic rings. The lowest BCUT2D eigenvalue weighted by atomic mass is 10.2. The normalized spacial score (nSPS) is 13.5. The maximum Gasteiger partial charge on any atom is 0.242 e. The maximum atomic E-state index is 13.1. The van der Waals surface area contributed by atoms with Gasteiger partial charge in [-0.15, -0.1) is 0 Å². The molecular formula is C11H16ClFN2O3S. The summed E-state index contributed by atoms with van der Waals surface area (Å²) in [6.07, 6.45) is 0.422. The number of aliphatic hydroxyl groups excluding tert-OH is 1. The van der Waals surface area contributed by atoms with Crippen LogP contribution in [0.1, 0.15) is 19.8 Å². The number of nitrogen functional groups attached to an aromatic ring is 1. The van der Waals surface area contributed by atoms with Gasteiger partial charge >= 0.3 is 0 Å². The van der Waals surface area contributed by atoms with E-state index in [4.69, 9.17) is 17.3 Å². The van der Waals surface area contributed by atoms with E-state index in [1.807, 2.05) is 6.92 Å². The zero-order valence-electron chi connectivity index (χ0n) is 10.4. The Bertz CT molecular complexity index is 551. The number of rotatable bonds is 6. The molecule has 1 aromatic carbocycles. The van der Waals surface area contributed by atoms with Crippen molar-refractivity contribution in [3.8, 4) is 0 Å². The predicted molar refractivity (Wildman–Crippen MR) is 71.9 cm³/mol. The minimum Gasteiger partial charge on any atom is -0.396 e. The second kappa shape index (κ2) is 6.51. The molecule has 0 saturated heterocycles. The van der Waals surface area contributed by atoms with Gasteiger partial charge in [-0.2, -0.15) is 0 Å². The van der Waals surface area contributed by atoms with E-state index in [9.17, 15) is 17.9 Å². The molecule has 0 amide bonds. The average Bonchev–Trinajstić information content (AvgIpc) is 2.31. The van der Waals surface area contributed by atoms with Gasteiger partial charge < -0.3 is 10.8 Å². The lowest BCUT2D eigenvalue weighted by Crippen LogP contribution is -2.32. The van der Waals surface area contributed by atoms with Crippen molar-refractivity contribution < 1.29 is 17.9 Å². The molecule has 4 N–H and O–H groups in total. The molecule has 0 aliphatic carbocycles. The summed E-state index contributed by atoms with van der Waals surface area (Å²) in [5, 5.41) is 9.22. The summed E-state index contributed by atoms with van der Waals surface area (Å²) in [6, 6.07) is 1.79. The molecule has 0 aromatic heterocycles. The SMILES string of the molecule is CCCC(O)CNS(=O)(=O)c1cc(N)c(F)cc1Cl. The Morgan fingerprint density at radius 3 is 2.74 bits per heavy atom. The molecule has 5 nitrogen and oxygen atoms in total. The standard InChI is InChI=1S/C11H16ClFN2O3S/c1-2-3-7(16)6-15-19(17,18)11-5-10(14)9(13)4-8(11)12/h4-5,7,15-16H,2-3,6,14H2,1H3. The Balaban J connectivity index is 2.92. The second-order valence-corrected chi connectivity index (χ2v) is 6.24. The lowest BCUT2D eigenvalue weighted by Gasteiger charge is -2.12. The summed E-state index contributed by atoms with van der Waals surface area (Å²) in [5.41, 5.74) is 5.01. The van der Waals surface area contributed by atoms with Gasteiger partial charge in [-0.3, -0.25) is 0 Å². The maximum absolute atomic E-state index is 13.1. The fourth-order valence-electron chi connectivity index (χ4n) is 1.47. The number of hydrogen-bond donors (Lipinski definition) is 3. The number of anilines is 1. The van der Waals surface area contributed by atoms with Gasteiger partial charge in [0.25, 0.3) is 0 Å². The highest BCUT2D eigenvalue weighted by Crippen LogP contribution is 2.26. The van der Waals surface area contributed by atoms with E-state index in [0.717, 1.165) is 18.6 Å². The molecular weight excluding hydrogens is 295 g/mol. The summed E-state index contributed by atoms with van der Waals surface area (Å²) < 4.78 is 39.2. The monoisotopic (exact) mass is 310 g/mol. The summed E-state index contributed by atoms with van der Waals surface area (Å²) >= 11 is 5.69. The predicted octanol–water partition coefficient (Wildman–Crippen LogP) is 1.50. The molecule has 1 atom stereocenters. The van der Waals surface area contributed by atoms with E-state index in [1.165, 1.54) is 0 Å². The van der Waals surface area contributed by atoms with E-state index in [0.29, 0.717) is 6.42 Å². The Hall–Kier alpha value is -0.890. The van der Waals surface area contributed by atoms with E-state index in [1.54, 1.807) is 0 Å². The van der Waals surface area contributed by atoms with Gasteiger partial charge in [0.2, 0.25) is 10.0 Å². The fourth-order valence-corrected chi connectivity index (χ4v) is 3.09. The Kier molecular flexibility index (Phi) is 5.54. The van der Waals surface area contributed by atoms with Crippen molar-refractivity contribution in [2.45, 2.75) is 30.8 Å². The van der Waals surface area contributed by atoms with Crippen LogP contribution in [-0.4, -0.2) is 26.2 Å². The zero-order chi connectivity index (χ0) is 14.6. The van der Waals surface area contributed by atoms with E-state index >= 15 is 0 Å². The first-order chi connectivity index (χ1) is 8.77. The summed E-state index contributed by atoms with van der Waals surface area (Å²) in [5.74, 6) is -0.782. The number of sulfonamides is 1. The third kappa shape index (κ3) is 4.31. The minimum absolute atomic E-state index is 0.135. The van der Waals surface area contributed by atoms with Gasteiger partial charge in [0.15, 0.2) is 0 Å². The van der Waals surface area contributed by atoms with Gasteiger partial charge in [0.05, 0.1) is 16.8 Å². The average molecular weight is 311 g/mol. The highest BCUT2D eigenvalue weighted by Gasteiger charge is 2.20. The third-order valence-electron chi connectivity index (χ3n) is 2.47. The molecule has 0 spiro atoms. The van der Waals surface area contributed by atoms with Crippen molar-refractivity contribution in [3.05, 3.63) is 23.0 Å². The van der Waals surface area contributed by atoms with Crippen LogP contribution in [-0.2, 0) is 10.0 Å². The first kappa shape index (κ1) is 16.2. The van der Waals surface area contributed by atoms with E-state index in [-0.39, 0.29) is 22.2 Å². The number of nitrogens with one attached hydrogen (secondary N) is 1. The van der Waals surface area contributed by atoms with Crippen molar-refractivity contribution in [1.82, 2.24) is 4.72 Å². The highest BCUT2D eigenvalue weighted by molar-refractivity contribution is 7.89. The third-order valence-corrected chi connectivity index (χ3v) is 4.36. The summed E-state index contributed by atoms with van der Waals surface area (Å²) in [4.78, 5) is -0.309. The largest absolute Gasteiger partial charge is 0.396 e. The smallest absolute Gasteiger partial charge is 0.242 e. The molecule has 19 heavy (non-hydrogen) atoms. The van der Waals surface area contributed by atoms with Crippen LogP contribution in [0, 0.1) is 5.82 Å². The van der Waals surface area contributed by atoms with Crippen molar-refractivity contribution >= 4 is 27.3 Å². The Morgan fingerprint density at radius 1 is 1.53 bits per heavy atom. The molecule has 0 radical (unpaired) electrons. The molecule has 1 rings (SSSR count). The molecule has 0 bridgehead atoms. The zero-order valence-corrected chi connectivity index (χ0v) is 11.9. The van der Waals surface area contributed by atoms with Gasteiger partial charge in [-0.25, -0.2) is 17.5 Å². The van der Waals surface area contributed by atoms with Crippen molar-refractivity contribution in [1.29, 1.82) is 0 Å². The van der Waals surface area contributed by atoms with Crippen LogP contribution < -0.4 is 10.5 Å². The number of hydrogen-bond acceptors (Lipinski definition) is 4. The van der Waals surface area contributed by atoms with Crippen LogP contribution >= 0.6 is 11.6 Å². The number of benzene rings is 1. The minimum atomic E-state index is -3.93. The molecule has 108 valence electrons. The quantitative estimate of drug-likeness (QED) is 0.694. The lowest BCUT2D eigenvalue weighted by molar-refractivity contribution is 0.167. The van der Waals surface area contributed by atoms with Crippen LogP contribution in [0.4, 0.5) is 10.1 Å². The first-order valence-electron chi connectivity index (χ1n) is 5.70. The molecule has 0 heterocycles. The highest BCUT2D eigenvalue weighted by atomic mass is 35.5. The Morgan fingerprint density at radius 2 is 2.16 bits per heavy atom. The van der Waals surface area contributed by atoms with Crippen LogP contribution in [0.3, 0.4) is 0 Å². The molecule has 1 unspecified atom stereocenters. The van der Waals surface area contributed by atoms with Gasteiger partial charge in [-0.05, 0) is 18.6 Å². The fraction of sp³-hybridized carbons (Fsp3) is 0.455. The summed E-state index contributed by atoms with van der Waals surface area (Å²) in [7, 11) is -3.93. The molecule has 0 aliphatic heterocycles. The molecule has 0 saturated carbocycles. The molecule has 0 fully saturated rings. The molecule has 8 heteroatoms. The number of halogens is 2. The van der Waals surface area contributed by atoms with Crippen LogP contribution in [0.2, 0.25) is 5.02 Å². The van der Waals surface area contributed by atoms with Crippen LogP contribution in [0.25, 0.3) is 0 Å². The van der Waals surface area contributed by atoms with Crippen molar-refractivity contribution in [2.24, 2.45) is 0 Å². The van der Waals surface area contributed by atoms with E-state index < -0.39 is 21.9 Å². The summed E-state index contributed by atoms with van der Waals surface area (Å²) in [6.45, 7) is 1.74. The number of aliphatic hydroxyl groups is 1. The van der Waals surface area contributed by atoms with Crippen LogP contribution in [0.15, 0.2) is 17.0 Å². The van der Waals surface area contributed by atoms with Gasteiger partial charge in [-0.1, -0.05) is 24.9 Å².